The molecule has 0 bridgehead atoms. The highest BCUT2D eigenvalue weighted by molar-refractivity contribution is 9.10. The van der Waals surface area contributed by atoms with Gasteiger partial charge in [0.2, 0.25) is 0 Å². The summed E-state index contributed by atoms with van der Waals surface area (Å²) in [7, 11) is 1.49. The number of halogens is 1. The zero-order valence-electron chi connectivity index (χ0n) is 7.30. The third-order valence-corrected chi connectivity index (χ3v) is 2.27. The maximum absolute atomic E-state index is 11.0. The Morgan fingerprint density at radius 3 is 2.62 bits per heavy atom. The average Bonchev–Trinajstić information content (AvgIpc) is 2.07. The van der Waals surface area contributed by atoms with Gasteiger partial charge in [0.1, 0.15) is 11.5 Å². The maximum atomic E-state index is 11.0. The molecule has 1 aromatic rings. The summed E-state index contributed by atoms with van der Waals surface area (Å²) in [5.74, 6) is 0.260. The van der Waals surface area contributed by atoms with Crippen LogP contribution in [-0.2, 0) is 0 Å². The second-order valence-electron chi connectivity index (χ2n) is 2.56. The summed E-state index contributed by atoms with van der Waals surface area (Å²) in [5.41, 5.74) is 0.285. The van der Waals surface area contributed by atoms with Crippen molar-refractivity contribution in [3.05, 3.63) is 22.2 Å². The molecular weight excluding hydrogens is 236 g/mol. The number of benzene rings is 1. The Balaban J connectivity index is 3.28. The number of rotatable bonds is 2. The van der Waals surface area contributed by atoms with Crippen molar-refractivity contribution >= 4 is 21.7 Å². The fourth-order valence-electron chi connectivity index (χ4n) is 0.981. The third-order valence-electron chi connectivity index (χ3n) is 1.65. The molecule has 0 heterocycles. The number of carbonyl (C=O) groups excluding carboxylic acids is 1. The van der Waals surface area contributed by atoms with Crippen molar-refractivity contribution in [2.75, 3.05) is 7.11 Å². The quantitative estimate of drug-likeness (QED) is 0.813. The fraction of sp³-hybridized carbons (Fsp3) is 0.222. The molecule has 0 spiro atoms. The molecule has 3 nitrogen and oxygen atoms in total. The van der Waals surface area contributed by atoms with Crippen LogP contribution in [0.25, 0.3) is 0 Å². The van der Waals surface area contributed by atoms with Crippen molar-refractivity contribution in [3.8, 4) is 11.5 Å². The van der Waals surface area contributed by atoms with Gasteiger partial charge in [0, 0.05) is 6.07 Å². The summed E-state index contributed by atoms with van der Waals surface area (Å²) in [6.07, 6.45) is 0. The van der Waals surface area contributed by atoms with Crippen LogP contribution in [-0.4, -0.2) is 18.0 Å². The molecule has 0 saturated carbocycles. The molecule has 1 rings (SSSR count). The smallest absolute Gasteiger partial charge is 0.163 e. The Labute approximate surface area is 84.5 Å². The van der Waals surface area contributed by atoms with Crippen LogP contribution >= 0.6 is 15.9 Å². The van der Waals surface area contributed by atoms with Gasteiger partial charge in [-0.1, -0.05) is 0 Å². The van der Waals surface area contributed by atoms with E-state index in [2.05, 4.69) is 15.9 Å². The summed E-state index contributed by atoms with van der Waals surface area (Å²) in [5, 5.41) is 9.40. The van der Waals surface area contributed by atoms with Crippen LogP contribution in [0.5, 0.6) is 11.5 Å². The van der Waals surface area contributed by atoms with Gasteiger partial charge >= 0.3 is 0 Å². The fourth-order valence-corrected chi connectivity index (χ4v) is 1.49. The van der Waals surface area contributed by atoms with E-state index in [1.165, 1.54) is 26.2 Å². The van der Waals surface area contributed by atoms with E-state index in [9.17, 15) is 9.90 Å². The van der Waals surface area contributed by atoms with Gasteiger partial charge in [0.05, 0.1) is 17.1 Å². The highest BCUT2D eigenvalue weighted by Crippen LogP contribution is 2.32. The summed E-state index contributed by atoms with van der Waals surface area (Å²) < 4.78 is 5.59. The second kappa shape index (κ2) is 3.79. The van der Waals surface area contributed by atoms with E-state index in [0.29, 0.717) is 10.2 Å². The zero-order chi connectivity index (χ0) is 10.0. The van der Waals surface area contributed by atoms with E-state index in [-0.39, 0.29) is 17.1 Å². The molecule has 1 N–H and O–H groups in total. The highest BCUT2D eigenvalue weighted by Gasteiger charge is 2.10. The summed E-state index contributed by atoms with van der Waals surface area (Å²) >= 11 is 3.22. The van der Waals surface area contributed by atoms with Crippen LogP contribution in [0.15, 0.2) is 16.6 Å². The molecule has 70 valence electrons. The van der Waals surface area contributed by atoms with E-state index in [1.807, 2.05) is 0 Å². The minimum Gasteiger partial charge on any atom is -0.507 e. The molecule has 0 aromatic heterocycles. The van der Waals surface area contributed by atoms with Gasteiger partial charge < -0.3 is 9.84 Å². The van der Waals surface area contributed by atoms with E-state index in [4.69, 9.17) is 4.74 Å². The second-order valence-corrected chi connectivity index (χ2v) is 3.41. The third kappa shape index (κ3) is 2.01. The first kappa shape index (κ1) is 10.1. The van der Waals surface area contributed by atoms with Crippen LogP contribution in [0.3, 0.4) is 0 Å². The number of ketones is 1. The van der Waals surface area contributed by atoms with Crippen molar-refractivity contribution in [2.24, 2.45) is 0 Å². The van der Waals surface area contributed by atoms with Gasteiger partial charge in [0.15, 0.2) is 5.78 Å². The summed E-state index contributed by atoms with van der Waals surface area (Å²) in [4.78, 5) is 11.0. The lowest BCUT2D eigenvalue weighted by atomic mass is 10.1. The molecule has 0 amide bonds. The first-order valence-electron chi connectivity index (χ1n) is 3.63. The van der Waals surface area contributed by atoms with Crippen LogP contribution in [0.1, 0.15) is 17.3 Å². The number of hydrogen-bond acceptors (Lipinski definition) is 3. The lowest BCUT2D eigenvalue weighted by Crippen LogP contribution is -1.94. The van der Waals surface area contributed by atoms with Gasteiger partial charge in [0.25, 0.3) is 0 Å². The number of carbonyl (C=O) groups is 1. The van der Waals surface area contributed by atoms with Crippen LogP contribution < -0.4 is 4.74 Å². The van der Waals surface area contributed by atoms with Gasteiger partial charge in [-0.2, -0.15) is 0 Å². The van der Waals surface area contributed by atoms with Crippen molar-refractivity contribution in [2.45, 2.75) is 6.92 Å². The molecule has 0 radical (unpaired) electrons. The molecule has 13 heavy (non-hydrogen) atoms. The van der Waals surface area contributed by atoms with Crippen LogP contribution in [0, 0.1) is 0 Å². The molecule has 0 aliphatic carbocycles. The van der Waals surface area contributed by atoms with Gasteiger partial charge in [-0.05, 0) is 28.9 Å². The number of phenolic OH excluding ortho intramolecular Hbond substituents is 1. The number of methoxy groups -OCH3 is 1. The normalized spacial score (nSPS) is 9.77. The van der Waals surface area contributed by atoms with E-state index in [1.54, 1.807) is 0 Å². The summed E-state index contributed by atoms with van der Waals surface area (Å²) in [6.45, 7) is 1.40. The largest absolute Gasteiger partial charge is 0.507 e. The Morgan fingerprint density at radius 1 is 1.54 bits per heavy atom. The Morgan fingerprint density at radius 2 is 2.15 bits per heavy atom. The number of hydrogen-bond donors (Lipinski definition) is 1. The minimum absolute atomic E-state index is 0.0625. The SMILES string of the molecule is COc1cc(O)c(C(C)=O)cc1Br. The Hall–Kier alpha value is -1.03. The number of ether oxygens (including phenoxy) is 1. The molecular formula is C9H9BrO3. The molecule has 1 aromatic carbocycles. The van der Waals surface area contributed by atoms with Crippen molar-refractivity contribution in [3.63, 3.8) is 0 Å². The first-order valence-corrected chi connectivity index (χ1v) is 4.43. The standard InChI is InChI=1S/C9H9BrO3/c1-5(11)6-3-7(10)9(13-2)4-8(6)12/h3-4,12H,1-2H3. The molecule has 0 unspecified atom stereocenters. The van der Waals surface area contributed by atoms with E-state index >= 15 is 0 Å². The predicted molar refractivity (Wildman–Crippen MR) is 52.4 cm³/mol. The monoisotopic (exact) mass is 244 g/mol. The number of aromatic hydroxyl groups is 1. The predicted octanol–water partition coefficient (Wildman–Crippen LogP) is 2.37. The van der Waals surface area contributed by atoms with Crippen molar-refractivity contribution in [1.29, 1.82) is 0 Å². The Bertz CT molecular complexity index is 347. The van der Waals surface area contributed by atoms with Crippen LogP contribution in [0.2, 0.25) is 0 Å². The topological polar surface area (TPSA) is 46.5 Å². The average molecular weight is 245 g/mol. The van der Waals surface area contributed by atoms with Gasteiger partial charge in [-0.25, -0.2) is 0 Å². The number of phenols is 1. The lowest BCUT2D eigenvalue weighted by molar-refractivity contribution is 0.101. The highest BCUT2D eigenvalue weighted by atomic mass is 79.9. The van der Waals surface area contributed by atoms with Gasteiger partial charge in [-0.3, -0.25) is 4.79 Å². The van der Waals surface area contributed by atoms with Crippen molar-refractivity contribution in [1.82, 2.24) is 0 Å². The molecule has 4 heteroatoms. The van der Waals surface area contributed by atoms with Crippen molar-refractivity contribution < 1.29 is 14.6 Å². The lowest BCUT2D eigenvalue weighted by Gasteiger charge is -2.06. The van der Waals surface area contributed by atoms with E-state index in [0.717, 1.165) is 0 Å². The molecule has 0 fully saturated rings. The molecule has 0 aliphatic heterocycles. The zero-order valence-corrected chi connectivity index (χ0v) is 8.88. The number of Topliss-reactive ketones (excluding diaryl/α,β-unsaturated/α-hetero) is 1. The summed E-state index contributed by atoms with van der Waals surface area (Å²) in [6, 6.07) is 2.94. The van der Waals surface area contributed by atoms with E-state index < -0.39 is 0 Å². The Kier molecular flexibility index (Phi) is 2.93. The molecule has 0 saturated heterocycles. The first-order chi connectivity index (χ1) is 6.06. The van der Waals surface area contributed by atoms with Crippen LogP contribution in [0.4, 0.5) is 0 Å². The maximum Gasteiger partial charge on any atom is 0.163 e. The molecule has 0 aliphatic rings. The van der Waals surface area contributed by atoms with Gasteiger partial charge in [-0.15, -0.1) is 0 Å². The minimum atomic E-state index is -0.180. The molecule has 0 atom stereocenters.